The smallest absolute Gasteiger partial charge is 0.210 e. The van der Waals surface area contributed by atoms with E-state index in [-0.39, 0.29) is 0 Å². The summed E-state index contributed by atoms with van der Waals surface area (Å²) in [6.45, 7) is 6.53. The Morgan fingerprint density at radius 1 is 1.36 bits per heavy atom. The van der Waals surface area contributed by atoms with Gasteiger partial charge in [-0.3, -0.25) is 4.57 Å². The third kappa shape index (κ3) is 1.94. The normalized spacial score (nSPS) is 22.8. The summed E-state index contributed by atoms with van der Waals surface area (Å²) in [7, 11) is -2.26. The van der Waals surface area contributed by atoms with Gasteiger partial charge in [0, 0.05) is 12.3 Å². The molecule has 0 saturated carbocycles. The highest BCUT2D eigenvalue weighted by Crippen LogP contribution is 2.54. The van der Waals surface area contributed by atoms with Gasteiger partial charge < -0.3 is 4.52 Å². The monoisotopic (exact) mass is 174 g/mol. The van der Waals surface area contributed by atoms with Crippen LogP contribution in [0.1, 0.15) is 20.8 Å². The van der Waals surface area contributed by atoms with E-state index < -0.39 is 7.37 Å². The summed E-state index contributed by atoms with van der Waals surface area (Å²) in [6, 6.07) is 0. The van der Waals surface area contributed by atoms with Crippen molar-refractivity contribution in [2.75, 3.05) is 18.9 Å². The Labute approximate surface area is 68.1 Å². The Kier molecular flexibility index (Phi) is 2.56. The largest absolute Gasteiger partial charge is 0.328 e. The van der Waals surface area contributed by atoms with E-state index in [4.69, 9.17) is 4.52 Å². The van der Waals surface area contributed by atoms with E-state index in [2.05, 4.69) is 0 Å². The number of hydrogen-bond donors (Lipinski definition) is 0. The van der Waals surface area contributed by atoms with E-state index in [9.17, 15) is 4.57 Å². The minimum absolute atomic E-state index is 0.567. The van der Waals surface area contributed by atoms with Crippen LogP contribution in [0.4, 0.5) is 0 Å². The minimum atomic E-state index is -2.26. The summed E-state index contributed by atoms with van der Waals surface area (Å²) in [5.74, 6) is 0. The van der Waals surface area contributed by atoms with Gasteiger partial charge in [-0.15, -0.1) is 0 Å². The van der Waals surface area contributed by atoms with Crippen LogP contribution < -0.4 is 0 Å². The molecule has 2 nitrogen and oxygen atoms in total. The van der Waals surface area contributed by atoms with E-state index in [0.29, 0.717) is 18.9 Å². The molecule has 0 aromatic carbocycles. The molecule has 64 valence electrons. The van der Waals surface area contributed by atoms with E-state index >= 15 is 0 Å². The van der Waals surface area contributed by atoms with E-state index in [1.165, 1.54) is 11.1 Å². The van der Waals surface area contributed by atoms with Gasteiger partial charge in [0.05, 0.1) is 6.61 Å². The van der Waals surface area contributed by atoms with Crippen LogP contribution in [0.25, 0.3) is 0 Å². The maximum Gasteiger partial charge on any atom is 0.210 e. The zero-order valence-corrected chi connectivity index (χ0v) is 8.28. The first-order valence-electron chi connectivity index (χ1n) is 3.95. The SMILES string of the molecule is CCOP1(=O)CC(C)=C(C)C1. The van der Waals surface area contributed by atoms with Crippen molar-refractivity contribution in [2.24, 2.45) is 0 Å². The van der Waals surface area contributed by atoms with Crippen molar-refractivity contribution < 1.29 is 9.09 Å². The molecule has 1 aliphatic rings. The Bertz CT molecular complexity index is 212. The predicted octanol–water partition coefficient (Wildman–Crippen LogP) is 2.65. The zero-order valence-electron chi connectivity index (χ0n) is 7.39. The Morgan fingerprint density at radius 3 is 2.18 bits per heavy atom. The van der Waals surface area contributed by atoms with Crippen LogP contribution in [-0.2, 0) is 9.09 Å². The molecule has 0 aromatic heterocycles. The average molecular weight is 174 g/mol. The first kappa shape index (κ1) is 9.02. The molecule has 0 radical (unpaired) electrons. The van der Waals surface area contributed by atoms with Crippen LogP contribution in [0, 0.1) is 0 Å². The quantitative estimate of drug-likeness (QED) is 0.475. The van der Waals surface area contributed by atoms with Gasteiger partial charge in [-0.05, 0) is 20.8 Å². The molecule has 0 spiro atoms. The average Bonchev–Trinajstić information content (AvgIpc) is 2.08. The van der Waals surface area contributed by atoms with Gasteiger partial charge in [0.25, 0.3) is 0 Å². The van der Waals surface area contributed by atoms with Crippen LogP contribution in [0.3, 0.4) is 0 Å². The number of hydrogen-bond acceptors (Lipinski definition) is 2. The molecule has 0 aliphatic carbocycles. The third-order valence-electron chi connectivity index (χ3n) is 2.05. The fraction of sp³-hybridized carbons (Fsp3) is 0.750. The van der Waals surface area contributed by atoms with E-state index in [1.54, 1.807) is 0 Å². The first-order chi connectivity index (χ1) is 5.07. The maximum atomic E-state index is 11.8. The molecular weight excluding hydrogens is 159 g/mol. The van der Waals surface area contributed by atoms with Gasteiger partial charge in [-0.25, -0.2) is 0 Å². The molecule has 0 unspecified atom stereocenters. The standard InChI is InChI=1S/C8H15O2P/c1-4-10-11(9)5-7(2)8(3)6-11/h4-6H2,1-3H3. The molecule has 0 fully saturated rings. The molecule has 0 amide bonds. The second-order valence-corrected chi connectivity index (χ2v) is 5.63. The molecule has 0 atom stereocenters. The van der Waals surface area contributed by atoms with Gasteiger partial charge in [0.2, 0.25) is 7.37 Å². The van der Waals surface area contributed by atoms with Gasteiger partial charge in [0.15, 0.2) is 0 Å². The van der Waals surface area contributed by atoms with Crippen LogP contribution >= 0.6 is 7.37 Å². The van der Waals surface area contributed by atoms with Crippen molar-refractivity contribution in [3.63, 3.8) is 0 Å². The highest BCUT2D eigenvalue weighted by atomic mass is 31.2. The molecule has 1 aliphatic heterocycles. The lowest BCUT2D eigenvalue weighted by Crippen LogP contribution is -1.92. The maximum absolute atomic E-state index is 11.8. The molecular formula is C8H15O2P. The van der Waals surface area contributed by atoms with Crippen molar-refractivity contribution >= 4 is 7.37 Å². The lowest BCUT2D eigenvalue weighted by Gasteiger charge is -2.10. The molecule has 0 aromatic rings. The summed E-state index contributed by atoms with van der Waals surface area (Å²) < 4.78 is 17.0. The number of rotatable bonds is 2. The summed E-state index contributed by atoms with van der Waals surface area (Å²) >= 11 is 0. The Hall–Kier alpha value is -0.0700. The van der Waals surface area contributed by atoms with Crippen LogP contribution in [0.5, 0.6) is 0 Å². The molecule has 11 heavy (non-hydrogen) atoms. The Morgan fingerprint density at radius 2 is 1.82 bits per heavy atom. The molecule has 0 N–H and O–H groups in total. The lowest BCUT2D eigenvalue weighted by atomic mass is 10.2. The fourth-order valence-corrected chi connectivity index (χ4v) is 4.13. The van der Waals surface area contributed by atoms with Crippen molar-refractivity contribution in [2.45, 2.75) is 20.8 Å². The second-order valence-electron chi connectivity index (χ2n) is 3.11. The van der Waals surface area contributed by atoms with Gasteiger partial charge >= 0.3 is 0 Å². The minimum Gasteiger partial charge on any atom is -0.328 e. The van der Waals surface area contributed by atoms with Crippen molar-refractivity contribution in [3.05, 3.63) is 11.1 Å². The summed E-state index contributed by atoms with van der Waals surface area (Å²) in [6.07, 6.45) is 1.35. The van der Waals surface area contributed by atoms with E-state index in [0.717, 1.165) is 0 Å². The first-order valence-corrected chi connectivity index (χ1v) is 5.95. The topological polar surface area (TPSA) is 26.3 Å². The zero-order chi connectivity index (χ0) is 8.48. The van der Waals surface area contributed by atoms with Crippen molar-refractivity contribution in [1.82, 2.24) is 0 Å². The van der Waals surface area contributed by atoms with Crippen LogP contribution in [-0.4, -0.2) is 18.9 Å². The number of allylic oxidation sites excluding steroid dienone is 2. The highest BCUT2D eigenvalue weighted by molar-refractivity contribution is 7.59. The summed E-state index contributed by atoms with van der Waals surface area (Å²) in [4.78, 5) is 0. The summed E-state index contributed by atoms with van der Waals surface area (Å²) in [5.41, 5.74) is 2.50. The third-order valence-corrected chi connectivity index (χ3v) is 4.69. The molecule has 3 heteroatoms. The summed E-state index contributed by atoms with van der Waals surface area (Å²) in [5, 5.41) is 0. The van der Waals surface area contributed by atoms with Crippen molar-refractivity contribution in [3.8, 4) is 0 Å². The van der Waals surface area contributed by atoms with Gasteiger partial charge in [-0.2, -0.15) is 0 Å². The molecule has 0 bridgehead atoms. The highest BCUT2D eigenvalue weighted by Gasteiger charge is 2.30. The predicted molar refractivity (Wildman–Crippen MR) is 47.3 cm³/mol. The van der Waals surface area contributed by atoms with Crippen LogP contribution in [0.2, 0.25) is 0 Å². The Balaban J connectivity index is 2.65. The van der Waals surface area contributed by atoms with Gasteiger partial charge in [-0.1, -0.05) is 11.1 Å². The van der Waals surface area contributed by atoms with E-state index in [1.807, 2.05) is 20.8 Å². The van der Waals surface area contributed by atoms with Crippen LogP contribution in [0.15, 0.2) is 11.1 Å². The van der Waals surface area contributed by atoms with Crippen molar-refractivity contribution in [1.29, 1.82) is 0 Å². The van der Waals surface area contributed by atoms with Gasteiger partial charge in [0.1, 0.15) is 0 Å². The molecule has 1 heterocycles. The second kappa shape index (κ2) is 3.12. The fourth-order valence-electron chi connectivity index (χ4n) is 1.38. The molecule has 0 saturated heterocycles. The lowest BCUT2D eigenvalue weighted by molar-refractivity contribution is 0.337. The molecule has 1 rings (SSSR count).